The van der Waals surface area contributed by atoms with Crippen LogP contribution < -0.4 is 10.1 Å². The van der Waals surface area contributed by atoms with Crippen LogP contribution in [-0.2, 0) is 11.3 Å². The molecule has 0 aliphatic rings. The molecule has 1 unspecified atom stereocenters. The molecule has 0 radical (unpaired) electrons. The standard InChI is InChI=1S/C20H20ClN3O2S/c1-4-11-24-17-8-6-5-7-15(17)23-20(24)27-13(2)19(25)22-16-12-14(21)9-10-18(16)26-3/h4-10,12-13H,1,11H2,2-3H3,(H,22,25). The average Bonchev–Trinajstić information content (AvgIpc) is 2.99. The first-order valence-corrected chi connectivity index (χ1v) is 9.66. The molecule has 2 aromatic carbocycles. The maximum Gasteiger partial charge on any atom is 0.237 e. The van der Waals surface area contributed by atoms with Crippen molar-refractivity contribution in [1.82, 2.24) is 9.55 Å². The number of halogens is 1. The Morgan fingerprint density at radius 2 is 2.19 bits per heavy atom. The predicted octanol–water partition coefficient (Wildman–Crippen LogP) is 5.00. The van der Waals surface area contributed by atoms with Gasteiger partial charge in [-0.2, -0.15) is 0 Å². The summed E-state index contributed by atoms with van der Waals surface area (Å²) in [6, 6.07) is 13.0. The molecule has 5 nitrogen and oxygen atoms in total. The number of nitrogens with one attached hydrogen (secondary N) is 1. The number of thioether (sulfide) groups is 1. The maximum absolute atomic E-state index is 12.7. The van der Waals surface area contributed by atoms with E-state index in [1.165, 1.54) is 11.8 Å². The van der Waals surface area contributed by atoms with Crippen LogP contribution in [-0.4, -0.2) is 27.8 Å². The lowest BCUT2D eigenvalue weighted by molar-refractivity contribution is -0.115. The Labute approximate surface area is 167 Å². The molecule has 0 aliphatic heterocycles. The van der Waals surface area contributed by atoms with Crippen LogP contribution in [0.5, 0.6) is 5.75 Å². The van der Waals surface area contributed by atoms with Crippen molar-refractivity contribution in [1.29, 1.82) is 0 Å². The van der Waals surface area contributed by atoms with Gasteiger partial charge >= 0.3 is 0 Å². The number of carbonyl (C=O) groups excluding carboxylic acids is 1. The molecule has 140 valence electrons. The third-order valence-corrected chi connectivity index (χ3v) is 5.33. The van der Waals surface area contributed by atoms with Gasteiger partial charge in [-0.25, -0.2) is 4.98 Å². The minimum Gasteiger partial charge on any atom is -0.495 e. The van der Waals surface area contributed by atoms with Gasteiger partial charge in [-0.05, 0) is 37.3 Å². The largest absolute Gasteiger partial charge is 0.495 e. The Balaban J connectivity index is 1.81. The van der Waals surface area contributed by atoms with E-state index in [9.17, 15) is 4.79 Å². The summed E-state index contributed by atoms with van der Waals surface area (Å²) >= 11 is 7.43. The second-order valence-corrected chi connectivity index (χ2v) is 7.62. The fourth-order valence-corrected chi connectivity index (χ4v) is 3.78. The Kier molecular flexibility index (Phi) is 6.08. The molecule has 1 aromatic heterocycles. The molecule has 0 saturated heterocycles. The number of benzene rings is 2. The fraction of sp³-hybridized carbons (Fsp3) is 0.200. The summed E-state index contributed by atoms with van der Waals surface area (Å²) in [5.74, 6) is 0.404. The Morgan fingerprint density at radius 3 is 2.93 bits per heavy atom. The highest BCUT2D eigenvalue weighted by molar-refractivity contribution is 8.00. The number of ether oxygens (including phenoxy) is 1. The molecule has 1 amide bonds. The number of amides is 1. The number of nitrogens with zero attached hydrogens (tertiary/aromatic N) is 2. The van der Waals surface area contributed by atoms with Crippen LogP contribution in [0.1, 0.15) is 6.92 Å². The van der Waals surface area contributed by atoms with Crippen LogP contribution in [0.4, 0.5) is 5.69 Å². The summed E-state index contributed by atoms with van der Waals surface area (Å²) in [5, 5.41) is 3.82. The first kappa shape index (κ1) is 19.3. The lowest BCUT2D eigenvalue weighted by Gasteiger charge is -2.15. The van der Waals surface area contributed by atoms with Gasteiger partial charge in [0.25, 0.3) is 0 Å². The van der Waals surface area contributed by atoms with E-state index in [-0.39, 0.29) is 11.2 Å². The van der Waals surface area contributed by atoms with Gasteiger partial charge in [-0.3, -0.25) is 4.79 Å². The van der Waals surface area contributed by atoms with Gasteiger partial charge in [-0.1, -0.05) is 41.6 Å². The van der Waals surface area contributed by atoms with E-state index in [2.05, 4.69) is 21.4 Å². The third kappa shape index (κ3) is 4.28. The number of anilines is 1. The smallest absolute Gasteiger partial charge is 0.237 e. The van der Waals surface area contributed by atoms with E-state index in [4.69, 9.17) is 16.3 Å². The monoisotopic (exact) mass is 401 g/mol. The van der Waals surface area contributed by atoms with Crippen LogP contribution in [0.25, 0.3) is 11.0 Å². The molecule has 7 heteroatoms. The van der Waals surface area contributed by atoms with Gasteiger partial charge in [0, 0.05) is 11.6 Å². The second-order valence-electron chi connectivity index (χ2n) is 5.88. The number of hydrogen-bond acceptors (Lipinski definition) is 4. The topological polar surface area (TPSA) is 56.2 Å². The minimum atomic E-state index is -0.367. The number of methoxy groups -OCH3 is 1. The average molecular weight is 402 g/mol. The highest BCUT2D eigenvalue weighted by Gasteiger charge is 2.20. The fourth-order valence-electron chi connectivity index (χ4n) is 2.67. The highest BCUT2D eigenvalue weighted by atomic mass is 35.5. The number of hydrogen-bond donors (Lipinski definition) is 1. The van der Waals surface area contributed by atoms with Crippen LogP contribution in [0, 0.1) is 0 Å². The summed E-state index contributed by atoms with van der Waals surface area (Å²) < 4.78 is 7.33. The first-order valence-electron chi connectivity index (χ1n) is 8.40. The minimum absolute atomic E-state index is 0.155. The van der Waals surface area contributed by atoms with Gasteiger partial charge in [0.1, 0.15) is 5.75 Å². The molecule has 3 rings (SSSR count). The number of carbonyl (C=O) groups is 1. The van der Waals surface area contributed by atoms with Crippen molar-refractivity contribution in [2.24, 2.45) is 0 Å². The van der Waals surface area contributed by atoms with Gasteiger partial charge < -0.3 is 14.6 Å². The summed E-state index contributed by atoms with van der Waals surface area (Å²) in [6.45, 7) is 6.28. The van der Waals surface area contributed by atoms with Crippen molar-refractivity contribution in [2.45, 2.75) is 23.9 Å². The van der Waals surface area contributed by atoms with Crippen LogP contribution >= 0.6 is 23.4 Å². The van der Waals surface area contributed by atoms with E-state index >= 15 is 0 Å². The van der Waals surface area contributed by atoms with E-state index in [1.54, 1.807) is 25.3 Å². The van der Waals surface area contributed by atoms with Gasteiger partial charge in [0.2, 0.25) is 5.91 Å². The molecule has 1 N–H and O–H groups in total. The molecule has 0 saturated carbocycles. The number of aromatic nitrogens is 2. The van der Waals surface area contributed by atoms with E-state index in [0.717, 1.165) is 16.2 Å². The van der Waals surface area contributed by atoms with Crippen molar-refractivity contribution in [3.8, 4) is 5.75 Å². The van der Waals surface area contributed by atoms with Crippen molar-refractivity contribution < 1.29 is 9.53 Å². The molecule has 0 bridgehead atoms. The highest BCUT2D eigenvalue weighted by Crippen LogP contribution is 2.31. The number of allylic oxidation sites excluding steroid dienone is 1. The molecule has 0 fully saturated rings. The lowest BCUT2D eigenvalue weighted by Crippen LogP contribution is -2.23. The van der Waals surface area contributed by atoms with Crippen LogP contribution in [0.3, 0.4) is 0 Å². The molecule has 0 spiro atoms. The molecule has 3 aromatic rings. The molecule has 0 aliphatic carbocycles. The third-order valence-electron chi connectivity index (χ3n) is 4.00. The SMILES string of the molecule is C=CCn1c(SC(C)C(=O)Nc2cc(Cl)ccc2OC)nc2ccccc21. The number of rotatable bonds is 7. The van der Waals surface area contributed by atoms with Gasteiger partial charge in [-0.15, -0.1) is 6.58 Å². The summed E-state index contributed by atoms with van der Waals surface area (Å²) in [5.41, 5.74) is 2.46. The predicted molar refractivity (Wildman–Crippen MR) is 112 cm³/mol. The zero-order valence-electron chi connectivity index (χ0n) is 15.1. The number of para-hydroxylation sites is 2. The van der Waals surface area contributed by atoms with Crippen LogP contribution in [0.15, 0.2) is 60.3 Å². The summed E-state index contributed by atoms with van der Waals surface area (Å²) in [6.07, 6.45) is 1.82. The molecular weight excluding hydrogens is 382 g/mol. The first-order chi connectivity index (χ1) is 13.0. The Morgan fingerprint density at radius 1 is 1.41 bits per heavy atom. The molecule has 1 atom stereocenters. The summed E-state index contributed by atoms with van der Waals surface area (Å²) in [7, 11) is 1.55. The summed E-state index contributed by atoms with van der Waals surface area (Å²) in [4.78, 5) is 17.4. The Bertz CT molecular complexity index is 987. The van der Waals surface area contributed by atoms with Crippen molar-refractivity contribution >= 4 is 46.0 Å². The maximum atomic E-state index is 12.7. The second kappa shape index (κ2) is 8.50. The van der Waals surface area contributed by atoms with Crippen molar-refractivity contribution in [3.63, 3.8) is 0 Å². The van der Waals surface area contributed by atoms with Gasteiger partial charge in [0.05, 0.1) is 29.1 Å². The quantitative estimate of drug-likeness (QED) is 0.447. The van der Waals surface area contributed by atoms with E-state index in [1.807, 2.05) is 37.3 Å². The molecule has 27 heavy (non-hydrogen) atoms. The van der Waals surface area contributed by atoms with E-state index in [0.29, 0.717) is 23.0 Å². The van der Waals surface area contributed by atoms with E-state index < -0.39 is 0 Å². The number of imidazole rings is 1. The van der Waals surface area contributed by atoms with Crippen LogP contribution in [0.2, 0.25) is 5.02 Å². The van der Waals surface area contributed by atoms with Crippen molar-refractivity contribution in [2.75, 3.05) is 12.4 Å². The number of fused-ring (bicyclic) bond motifs is 1. The lowest BCUT2D eigenvalue weighted by atomic mass is 10.3. The molecular formula is C20H20ClN3O2S. The molecule has 1 heterocycles. The zero-order valence-corrected chi connectivity index (χ0v) is 16.7. The zero-order chi connectivity index (χ0) is 19.4. The normalized spacial score (nSPS) is 12.0. The van der Waals surface area contributed by atoms with Gasteiger partial charge in [0.15, 0.2) is 5.16 Å². The Hall–Kier alpha value is -2.44. The van der Waals surface area contributed by atoms with Crippen molar-refractivity contribution in [3.05, 3.63) is 60.1 Å².